The van der Waals surface area contributed by atoms with Crippen LogP contribution in [0.2, 0.25) is 5.02 Å². The zero-order valence-electron chi connectivity index (χ0n) is 10.5. The Bertz CT molecular complexity index is 704. The van der Waals surface area contributed by atoms with Crippen LogP contribution in [-0.4, -0.2) is 16.5 Å². The average Bonchev–Trinajstić information content (AvgIpc) is 2.84. The topological polar surface area (TPSA) is 26.5 Å². The van der Waals surface area contributed by atoms with Crippen LogP contribution in [0.5, 0.6) is 5.75 Å². The fraction of sp³-hybridized carbons (Fsp3) is 0.133. The molecule has 4 heteroatoms. The van der Waals surface area contributed by atoms with Gasteiger partial charge in [0.25, 0.3) is 0 Å². The second-order valence-corrected chi connectivity index (χ2v) is 4.75. The van der Waals surface area contributed by atoms with E-state index in [2.05, 4.69) is 4.98 Å². The highest BCUT2D eigenvalue weighted by molar-refractivity contribution is 6.33. The van der Waals surface area contributed by atoms with Crippen LogP contribution in [0.1, 0.15) is 11.3 Å². The second kappa shape index (κ2) is 4.94. The van der Waals surface area contributed by atoms with E-state index >= 15 is 0 Å². The summed E-state index contributed by atoms with van der Waals surface area (Å²) in [6.07, 6.45) is 4.74. The van der Waals surface area contributed by atoms with Crippen molar-refractivity contribution in [3.63, 3.8) is 0 Å². The quantitative estimate of drug-likeness (QED) is 0.728. The van der Waals surface area contributed by atoms with Crippen molar-refractivity contribution in [2.75, 3.05) is 7.11 Å². The minimum Gasteiger partial charge on any atom is -0.497 e. The molecular weight excluding hydrogens is 260 g/mol. The molecule has 0 saturated heterocycles. The second-order valence-electron chi connectivity index (χ2n) is 4.34. The molecule has 0 fully saturated rings. The van der Waals surface area contributed by atoms with Crippen LogP contribution in [0.15, 0.2) is 48.8 Å². The van der Waals surface area contributed by atoms with E-state index in [9.17, 15) is 0 Å². The van der Waals surface area contributed by atoms with E-state index in [0.717, 1.165) is 23.5 Å². The number of imidazole rings is 1. The molecule has 0 spiro atoms. The molecule has 19 heavy (non-hydrogen) atoms. The van der Waals surface area contributed by atoms with Gasteiger partial charge in [-0.2, -0.15) is 0 Å². The van der Waals surface area contributed by atoms with Crippen LogP contribution in [0.25, 0.3) is 5.65 Å². The van der Waals surface area contributed by atoms with Gasteiger partial charge in [0.1, 0.15) is 5.75 Å². The zero-order chi connectivity index (χ0) is 13.2. The van der Waals surface area contributed by atoms with Gasteiger partial charge in [-0.1, -0.05) is 23.7 Å². The molecule has 0 aliphatic rings. The van der Waals surface area contributed by atoms with Crippen LogP contribution in [0.3, 0.4) is 0 Å². The zero-order valence-corrected chi connectivity index (χ0v) is 11.3. The Morgan fingerprint density at radius 3 is 2.68 bits per heavy atom. The molecule has 0 atom stereocenters. The summed E-state index contributed by atoms with van der Waals surface area (Å²) in [4.78, 5) is 4.55. The van der Waals surface area contributed by atoms with Gasteiger partial charge in [-0.3, -0.25) is 0 Å². The number of halogens is 1. The molecule has 0 aliphatic carbocycles. The first-order valence-electron chi connectivity index (χ1n) is 6.01. The van der Waals surface area contributed by atoms with Crippen molar-refractivity contribution in [3.8, 4) is 5.75 Å². The van der Waals surface area contributed by atoms with Crippen molar-refractivity contribution in [1.82, 2.24) is 9.38 Å². The highest BCUT2D eigenvalue weighted by Gasteiger charge is 2.05. The van der Waals surface area contributed by atoms with Crippen molar-refractivity contribution in [3.05, 3.63) is 65.1 Å². The largest absolute Gasteiger partial charge is 0.497 e. The van der Waals surface area contributed by atoms with Crippen molar-refractivity contribution in [2.24, 2.45) is 0 Å². The number of aromatic nitrogens is 2. The molecular formula is C15H13ClN2O. The van der Waals surface area contributed by atoms with Gasteiger partial charge in [-0.25, -0.2) is 4.98 Å². The SMILES string of the molecule is COc1ccc(Cc2cn3cccc(Cl)c3n2)cc1. The monoisotopic (exact) mass is 272 g/mol. The van der Waals surface area contributed by atoms with E-state index in [1.807, 2.05) is 53.2 Å². The van der Waals surface area contributed by atoms with Gasteiger partial charge in [0.2, 0.25) is 0 Å². The van der Waals surface area contributed by atoms with Gasteiger partial charge in [0.05, 0.1) is 17.8 Å². The van der Waals surface area contributed by atoms with E-state index < -0.39 is 0 Å². The molecule has 3 aromatic rings. The Kier molecular flexibility index (Phi) is 3.13. The molecule has 0 radical (unpaired) electrons. The van der Waals surface area contributed by atoms with Gasteiger partial charge in [0.15, 0.2) is 5.65 Å². The third-order valence-electron chi connectivity index (χ3n) is 3.03. The Balaban J connectivity index is 1.90. The summed E-state index contributed by atoms with van der Waals surface area (Å²) in [7, 11) is 1.67. The van der Waals surface area contributed by atoms with Crippen molar-refractivity contribution in [2.45, 2.75) is 6.42 Å². The van der Waals surface area contributed by atoms with Crippen LogP contribution >= 0.6 is 11.6 Å². The maximum absolute atomic E-state index is 6.11. The summed E-state index contributed by atoms with van der Waals surface area (Å²) in [5.74, 6) is 0.863. The van der Waals surface area contributed by atoms with Crippen LogP contribution in [0.4, 0.5) is 0 Å². The number of benzene rings is 1. The smallest absolute Gasteiger partial charge is 0.155 e. The molecule has 0 aliphatic heterocycles. The van der Waals surface area contributed by atoms with Gasteiger partial charge in [-0.15, -0.1) is 0 Å². The molecule has 2 heterocycles. The summed E-state index contributed by atoms with van der Waals surface area (Å²) < 4.78 is 7.09. The van der Waals surface area contributed by atoms with Gasteiger partial charge in [-0.05, 0) is 29.8 Å². The lowest BCUT2D eigenvalue weighted by atomic mass is 10.1. The standard InChI is InChI=1S/C15H13ClN2O/c1-19-13-6-4-11(5-7-13)9-12-10-18-8-2-3-14(16)15(18)17-12/h2-8,10H,9H2,1H3. The molecule has 2 aromatic heterocycles. The number of nitrogens with zero attached hydrogens (tertiary/aromatic N) is 2. The normalized spacial score (nSPS) is 10.8. The van der Waals surface area contributed by atoms with Crippen LogP contribution in [-0.2, 0) is 6.42 Å². The molecule has 0 N–H and O–H groups in total. The molecule has 3 nitrogen and oxygen atoms in total. The molecule has 0 amide bonds. The van der Waals surface area contributed by atoms with Crippen LogP contribution in [0, 0.1) is 0 Å². The highest BCUT2D eigenvalue weighted by atomic mass is 35.5. The van der Waals surface area contributed by atoms with E-state index in [0.29, 0.717) is 5.02 Å². The fourth-order valence-corrected chi connectivity index (χ4v) is 2.28. The third kappa shape index (κ3) is 2.42. The first-order valence-corrected chi connectivity index (χ1v) is 6.39. The first-order chi connectivity index (χ1) is 9.26. The minimum atomic E-state index is 0.670. The first kappa shape index (κ1) is 12.1. The number of hydrogen-bond acceptors (Lipinski definition) is 2. The minimum absolute atomic E-state index is 0.670. The lowest BCUT2D eigenvalue weighted by Crippen LogP contribution is -1.89. The maximum atomic E-state index is 6.11. The molecule has 0 saturated carbocycles. The molecule has 0 unspecified atom stereocenters. The van der Waals surface area contributed by atoms with E-state index in [1.165, 1.54) is 5.56 Å². The molecule has 96 valence electrons. The number of rotatable bonds is 3. The molecule has 0 bridgehead atoms. The number of methoxy groups -OCH3 is 1. The fourth-order valence-electron chi connectivity index (χ4n) is 2.07. The van der Waals surface area contributed by atoms with E-state index in [1.54, 1.807) is 7.11 Å². The number of hydrogen-bond donors (Lipinski definition) is 0. The molecule has 3 rings (SSSR count). The summed E-state index contributed by atoms with van der Waals surface area (Å²) in [6, 6.07) is 11.8. The van der Waals surface area contributed by atoms with Gasteiger partial charge in [0, 0.05) is 18.8 Å². The van der Waals surface area contributed by atoms with E-state index in [4.69, 9.17) is 16.3 Å². The number of fused-ring (bicyclic) bond motifs is 1. The third-order valence-corrected chi connectivity index (χ3v) is 3.32. The summed E-state index contributed by atoms with van der Waals surface area (Å²) in [5, 5.41) is 0.670. The predicted molar refractivity (Wildman–Crippen MR) is 76.0 cm³/mol. The summed E-state index contributed by atoms with van der Waals surface area (Å²) in [6.45, 7) is 0. The number of pyridine rings is 1. The Morgan fingerprint density at radius 1 is 1.21 bits per heavy atom. The van der Waals surface area contributed by atoms with Gasteiger partial charge < -0.3 is 9.14 Å². The number of ether oxygens (including phenoxy) is 1. The van der Waals surface area contributed by atoms with Gasteiger partial charge >= 0.3 is 0 Å². The lowest BCUT2D eigenvalue weighted by molar-refractivity contribution is 0.414. The van der Waals surface area contributed by atoms with Crippen LogP contribution < -0.4 is 4.74 Å². The predicted octanol–water partition coefficient (Wildman–Crippen LogP) is 3.59. The Morgan fingerprint density at radius 2 is 2.00 bits per heavy atom. The Labute approximate surface area is 116 Å². The van der Waals surface area contributed by atoms with Crippen molar-refractivity contribution < 1.29 is 4.74 Å². The van der Waals surface area contributed by atoms with Crippen molar-refractivity contribution >= 4 is 17.2 Å². The summed E-state index contributed by atoms with van der Waals surface area (Å²) in [5.41, 5.74) is 2.99. The highest BCUT2D eigenvalue weighted by Crippen LogP contribution is 2.19. The van der Waals surface area contributed by atoms with Crippen molar-refractivity contribution in [1.29, 1.82) is 0 Å². The lowest BCUT2D eigenvalue weighted by Gasteiger charge is -2.01. The average molecular weight is 273 g/mol. The Hall–Kier alpha value is -2.00. The molecule has 1 aromatic carbocycles. The maximum Gasteiger partial charge on any atom is 0.155 e. The van der Waals surface area contributed by atoms with E-state index in [-0.39, 0.29) is 0 Å². The summed E-state index contributed by atoms with van der Waals surface area (Å²) >= 11 is 6.11.